The van der Waals surface area contributed by atoms with E-state index in [4.69, 9.17) is 14.2 Å². The van der Waals surface area contributed by atoms with Crippen LogP contribution in [0.5, 0.6) is 0 Å². The highest BCUT2D eigenvalue weighted by atomic mass is 16.6. The lowest BCUT2D eigenvalue weighted by atomic mass is 10.3. The molecule has 0 aliphatic carbocycles. The van der Waals surface area contributed by atoms with Crippen molar-refractivity contribution < 1.29 is 14.2 Å². The standard InChI is InChI=1S/C12H21N3O3/c1-12(6-18-12)15-8-13(2-10-4-16-10)7-14(9-15)3-11-5-17-11/h10-11H,2-9H2,1H3. The van der Waals surface area contributed by atoms with E-state index in [2.05, 4.69) is 21.6 Å². The minimum Gasteiger partial charge on any atom is -0.372 e. The Balaban J connectivity index is 1.40. The first-order valence-electron chi connectivity index (χ1n) is 6.78. The molecule has 4 aliphatic heterocycles. The van der Waals surface area contributed by atoms with Crippen LogP contribution in [0.3, 0.4) is 0 Å². The lowest BCUT2D eigenvalue weighted by Gasteiger charge is -2.43. The van der Waals surface area contributed by atoms with Gasteiger partial charge in [-0.2, -0.15) is 0 Å². The van der Waals surface area contributed by atoms with Crippen LogP contribution in [0.1, 0.15) is 6.92 Å². The molecule has 4 rings (SSSR count). The van der Waals surface area contributed by atoms with Gasteiger partial charge in [-0.3, -0.25) is 9.80 Å². The second-order valence-corrected chi connectivity index (χ2v) is 6.05. The van der Waals surface area contributed by atoms with Crippen LogP contribution in [0.4, 0.5) is 0 Å². The summed E-state index contributed by atoms with van der Waals surface area (Å²) in [6, 6.07) is 0. The Labute approximate surface area is 107 Å². The maximum Gasteiger partial charge on any atom is 0.144 e. The van der Waals surface area contributed by atoms with Crippen LogP contribution in [0.2, 0.25) is 0 Å². The highest BCUT2D eigenvalue weighted by molar-refractivity contribution is 4.90. The molecule has 0 aromatic heterocycles. The summed E-state index contributed by atoms with van der Waals surface area (Å²) in [5, 5.41) is 0. The summed E-state index contributed by atoms with van der Waals surface area (Å²) in [4.78, 5) is 7.33. The van der Waals surface area contributed by atoms with Gasteiger partial charge in [0.15, 0.2) is 0 Å². The molecule has 0 N–H and O–H groups in total. The summed E-state index contributed by atoms with van der Waals surface area (Å²) in [5.41, 5.74) is -0.0360. The van der Waals surface area contributed by atoms with Crippen molar-refractivity contribution in [1.82, 2.24) is 14.7 Å². The number of hydrogen-bond acceptors (Lipinski definition) is 6. The fraction of sp³-hybridized carbons (Fsp3) is 1.00. The Bertz CT molecular complexity index is 307. The Morgan fingerprint density at radius 1 is 1.00 bits per heavy atom. The van der Waals surface area contributed by atoms with Gasteiger partial charge in [-0.25, -0.2) is 4.90 Å². The predicted octanol–water partition coefficient (Wildman–Crippen LogP) is -0.677. The number of nitrogens with zero attached hydrogens (tertiary/aromatic N) is 3. The smallest absolute Gasteiger partial charge is 0.144 e. The average Bonchev–Trinajstić information content (AvgIpc) is 3.16. The molecule has 0 aromatic carbocycles. The summed E-state index contributed by atoms with van der Waals surface area (Å²) in [5.74, 6) is 0. The van der Waals surface area contributed by atoms with Crippen molar-refractivity contribution in [1.29, 1.82) is 0 Å². The van der Waals surface area contributed by atoms with E-state index < -0.39 is 0 Å². The second kappa shape index (κ2) is 4.13. The van der Waals surface area contributed by atoms with Gasteiger partial charge in [0, 0.05) is 13.1 Å². The van der Waals surface area contributed by atoms with Crippen molar-refractivity contribution in [2.24, 2.45) is 0 Å². The maximum atomic E-state index is 5.58. The van der Waals surface area contributed by atoms with Gasteiger partial charge in [-0.05, 0) is 6.92 Å². The van der Waals surface area contributed by atoms with Crippen molar-refractivity contribution in [2.45, 2.75) is 24.9 Å². The number of ether oxygens (including phenoxy) is 3. The molecule has 0 radical (unpaired) electrons. The van der Waals surface area contributed by atoms with Crippen LogP contribution < -0.4 is 0 Å². The summed E-state index contributed by atoms with van der Waals surface area (Å²) in [6.07, 6.45) is 0.911. The minimum absolute atomic E-state index is 0.0360. The summed E-state index contributed by atoms with van der Waals surface area (Å²) in [6.45, 7) is 9.95. The van der Waals surface area contributed by atoms with Crippen molar-refractivity contribution in [3.05, 3.63) is 0 Å². The molecule has 3 atom stereocenters. The van der Waals surface area contributed by atoms with E-state index in [1.807, 2.05) is 0 Å². The highest BCUT2D eigenvalue weighted by Crippen LogP contribution is 2.33. The fourth-order valence-corrected chi connectivity index (χ4v) is 2.64. The molecule has 0 spiro atoms. The number of rotatable bonds is 5. The number of epoxide rings is 3. The van der Waals surface area contributed by atoms with Crippen molar-refractivity contribution in [3.63, 3.8) is 0 Å². The normalized spacial score (nSPS) is 45.2. The van der Waals surface area contributed by atoms with Gasteiger partial charge in [0.1, 0.15) is 5.72 Å². The van der Waals surface area contributed by atoms with Crippen molar-refractivity contribution >= 4 is 0 Å². The van der Waals surface area contributed by atoms with Crippen LogP contribution in [-0.2, 0) is 14.2 Å². The SMILES string of the molecule is CC1(N2CN(CC3CO3)CN(CC3CO3)C2)CO1. The first-order valence-corrected chi connectivity index (χ1v) is 6.78. The predicted molar refractivity (Wildman–Crippen MR) is 63.7 cm³/mol. The molecule has 3 unspecified atom stereocenters. The van der Waals surface area contributed by atoms with Gasteiger partial charge < -0.3 is 14.2 Å². The Morgan fingerprint density at radius 3 is 1.89 bits per heavy atom. The van der Waals surface area contributed by atoms with Crippen molar-refractivity contribution in [2.75, 3.05) is 52.9 Å². The van der Waals surface area contributed by atoms with Gasteiger partial charge in [-0.1, -0.05) is 0 Å². The first-order chi connectivity index (χ1) is 8.71. The molecule has 0 saturated carbocycles. The zero-order valence-electron chi connectivity index (χ0n) is 10.9. The molecular formula is C12H21N3O3. The molecule has 0 aromatic rings. The van der Waals surface area contributed by atoms with Crippen LogP contribution in [0, 0.1) is 0 Å². The highest BCUT2D eigenvalue weighted by Gasteiger charge is 2.48. The fourth-order valence-electron chi connectivity index (χ4n) is 2.64. The van der Waals surface area contributed by atoms with Gasteiger partial charge in [-0.15, -0.1) is 0 Å². The molecule has 6 nitrogen and oxygen atoms in total. The van der Waals surface area contributed by atoms with Crippen LogP contribution in [0.25, 0.3) is 0 Å². The van der Waals surface area contributed by atoms with E-state index in [0.717, 1.165) is 52.9 Å². The zero-order valence-corrected chi connectivity index (χ0v) is 10.9. The van der Waals surface area contributed by atoms with Gasteiger partial charge in [0.05, 0.1) is 52.0 Å². The molecule has 102 valence electrons. The third-order valence-electron chi connectivity index (χ3n) is 4.10. The molecular weight excluding hydrogens is 234 g/mol. The Kier molecular flexibility index (Phi) is 2.65. The molecule has 0 amide bonds. The van der Waals surface area contributed by atoms with Crippen molar-refractivity contribution in [3.8, 4) is 0 Å². The second-order valence-electron chi connectivity index (χ2n) is 6.05. The quantitative estimate of drug-likeness (QED) is 0.607. The van der Waals surface area contributed by atoms with Crippen LogP contribution >= 0.6 is 0 Å². The third kappa shape index (κ3) is 2.54. The molecule has 18 heavy (non-hydrogen) atoms. The minimum atomic E-state index is -0.0360. The molecule has 6 heteroatoms. The van der Waals surface area contributed by atoms with E-state index in [0.29, 0.717) is 12.2 Å². The topological polar surface area (TPSA) is 47.3 Å². The average molecular weight is 255 g/mol. The maximum absolute atomic E-state index is 5.58. The van der Waals surface area contributed by atoms with E-state index in [-0.39, 0.29) is 5.72 Å². The van der Waals surface area contributed by atoms with Gasteiger partial charge in [0.25, 0.3) is 0 Å². The first kappa shape index (κ1) is 11.6. The lowest BCUT2D eigenvalue weighted by molar-refractivity contribution is -0.0812. The van der Waals surface area contributed by atoms with E-state index in [9.17, 15) is 0 Å². The molecule has 4 saturated heterocycles. The van der Waals surface area contributed by atoms with Crippen LogP contribution in [-0.4, -0.2) is 85.5 Å². The molecule has 0 bridgehead atoms. The summed E-state index contributed by atoms with van der Waals surface area (Å²) < 4.78 is 16.3. The van der Waals surface area contributed by atoms with E-state index in [1.165, 1.54) is 0 Å². The Hall–Kier alpha value is -0.240. The van der Waals surface area contributed by atoms with Crippen LogP contribution in [0.15, 0.2) is 0 Å². The third-order valence-corrected chi connectivity index (χ3v) is 4.10. The molecule has 4 fully saturated rings. The zero-order chi connectivity index (χ0) is 12.2. The number of hydrogen-bond donors (Lipinski definition) is 0. The lowest BCUT2D eigenvalue weighted by Crippen LogP contribution is -2.59. The largest absolute Gasteiger partial charge is 0.372 e. The van der Waals surface area contributed by atoms with E-state index >= 15 is 0 Å². The summed E-state index contributed by atoms with van der Waals surface area (Å²) >= 11 is 0. The van der Waals surface area contributed by atoms with Gasteiger partial charge in [0.2, 0.25) is 0 Å². The monoisotopic (exact) mass is 255 g/mol. The van der Waals surface area contributed by atoms with E-state index in [1.54, 1.807) is 0 Å². The molecule has 4 aliphatic rings. The van der Waals surface area contributed by atoms with Gasteiger partial charge >= 0.3 is 0 Å². The Morgan fingerprint density at radius 2 is 1.50 bits per heavy atom. The molecule has 4 heterocycles. The summed E-state index contributed by atoms with van der Waals surface area (Å²) in [7, 11) is 0.